The van der Waals surface area contributed by atoms with Crippen LogP contribution in [0.1, 0.15) is 60.3 Å². The molecule has 0 heteroatoms. The summed E-state index contributed by atoms with van der Waals surface area (Å²) >= 11 is 0. The Morgan fingerprint density at radius 2 is 1.82 bits per heavy atom. The summed E-state index contributed by atoms with van der Waals surface area (Å²) in [7, 11) is 0. The molecule has 2 unspecified atom stereocenters. The highest BCUT2D eigenvalue weighted by Crippen LogP contribution is 2.65. The number of hydrogen-bond acceptors (Lipinski definition) is 0. The van der Waals surface area contributed by atoms with Crippen LogP contribution in [0.15, 0.2) is 11.1 Å². The lowest BCUT2D eigenvalue weighted by Crippen LogP contribution is -2.54. The zero-order valence-electron chi connectivity index (χ0n) is 12.2. The van der Waals surface area contributed by atoms with Crippen LogP contribution in [0.4, 0.5) is 0 Å². The quantitative estimate of drug-likeness (QED) is 0.555. The van der Waals surface area contributed by atoms with E-state index in [1.54, 1.807) is 5.57 Å². The Morgan fingerprint density at radius 1 is 1.12 bits per heavy atom. The van der Waals surface area contributed by atoms with Crippen molar-refractivity contribution in [3.63, 3.8) is 0 Å². The lowest BCUT2D eigenvalue weighted by molar-refractivity contribution is -0.0475. The van der Waals surface area contributed by atoms with E-state index in [0.717, 1.165) is 29.6 Å². The minimum absolute atomic E-state index is 0.594. The lowest BCUT2D eigenvalue weighted by Gasteiger charge is -2.62. The van der Waals surface area contributed by atoms with E-state index in [9.17, 15) is 0 Å². The zero-order chi connectivity index (χ0) is 12.4. The van der Waals surface area contributed by atoms with Gasteiger partial charge in [0.15, 0.2) is 0 Å². The van der Waals surface area contributed by atoms with Crippen molar-refractivity contribution in [1.29, 1.82) is 0 Å². The van der Waals surface area contributed by atoms with E-state index in [0.29, 0.717) is 5.41 Å². The van der Waals surface area contributed by atoms with Gasteiger partial charge in [0.25, 0.3) is 0 Å². The predicted octanol–water partition coefficient (Wildman–Crippen LogP) is 5.05. The minimum Gasteiger partial charge on any atom is -0.0704 e. The first kappa shape index (κ1) is 11.8. The third-order valence-corrected chi connectivity index (χ3v) is 6.72. The molecule has 2 fully saturated rings. The smallest absolute Gasteiger partial charge is 0.0140 e. The molecule has 5 atom stereocenters. The van der Waals surface area contributed by atoms with Gasteiger partial charge in [-0.05, 0) is 54.8 Å². The molecule has 0 saturated heterocycles. The number of allylic oxidation sites excluding steroid dienone is 2. The average molecular weight is 232 g/mol. The highest BCUT2D eigenvalue weighted by Gasteiger charge is 2.57. The fraction of sp³-hybridized carbons (Fsp3) is 0.882. The molecule has 0 aromatic carbocycles. The van der Waals surface area contributed by atoms with Crippen LogP contribution in [0.2, 0.25) is 0 Å². The summed E-state index contributed by atoms with van der Waals surface area (Å²) in [5, 5.41) is 0. The van der Waals surface area contributed by atoms with Gasteiger partial charge in [0.2, 0.25) is 0 Å². The molecule has 0 aromatic heterocycles. The number of fused-ring (bicyclic) bond motifs is 1. The van der Waals surface area contributed by atoms with Crippen molar-refractivity contribution in [2.45, 2.75) is 60.3 Å². The van der Waals surface area contributed by atoms with Crippen molar-refractivity contribution in [3.05, 3.63) is 11.1 Å². The maximum Gasteiger partial charge on any atom is -0.0140 e. The van der Waals surface area contributed by atoms with Gasteiger partial charge in [-0.2, -0.15) is 0 Å². The van der Waals surface area contributed by atoms with Gasteiger partial charge in [0.05, 0.1) is 0 Å². The standard InChI is InChI=1S/C17H28/c1-10-7-6-8-13(10)16-12(3)11(2)14-9-15(16)17(14,4)5/h10-11,13-15H,6-9H2,1-5H3/t10?,11-,13?,14-,15+/m0/s1. The fourth-order valence-corrected chi connectivity index (χ4v) is 5.33. The van der Waals surface area contributed by atoms with Gasteiger partial charge in [-0.1, -0.05) is 51.7 Å². The Balaban J connectivity index is 1.99. The van der Waals surface area contributed by atoms with Crippen molar-refractivity contribution in [2.75, 3.05) is 0 Å². The predicted molar refractivity (Wildman–Crippen MR) is 73.7 cm³/mol. The minimum atomic E-state index is 0.594. The topological polar surface area (TPSA) is 0 Å². The van der Waals surface area contributed by atoms with Gasteiger partial charge >= 0.3 is 0 Å². The van der Waals surface area contributed by atoms with Gasteiger partial charge in [-0.3, -0.25) is 0 Å². The molecule has 0 radical (unpaired) electrons. The normalized spacial score (nSPS) is 48.2. The van der Waals surface area contributed by atoms with Crippen LogP contribution in [-0.4, -0.2) is 0 Å². The van der Waals surface area contributed by atoms with Crippen molar-refractivity contribution in [2.24, 2.45) is 35.0 Å². The molecular formula is C17H28. The third kappa shape index (κ3) is 1.42. The Hall–Kier alpha value is -0.260. The van der Waals surface area contributed by atoms with Gasteiger partial charge in [-0.25, -0.2) is 0 Å². The summed E-state index contributed by atoms with van der Waals surface area (Å²) in [6, 6.07) is 0. The zero-order valence-corrected chi connectivity index (χ0v) is 12.2. The molecule has 4 rings (SSSR count). The van der Waals surface area contributed by atoms with Crippen LogP contribution < -0.4 is 0 Å². The van der Waals surface area contributed by atoms with E-state index < -0.39 is 0 Å². The van der Waals surface area contributed by atoms with Crippen molar-refractivity contribution >= 4 is 0 Å². The largest absolute Gasteiger partial charge is 0.0704 e. The van der Waals surface area contributed by atoms with E-state index >= 15 is 0 Å². The molecule has 0 amide bonds. The second-order valence-corrected chi connectivity index (χ2v) is 7.66. The lowest BCUT2D eigenvalue weighted by atomic mass is 9.43. The molecule has 4 aliphatic rings. The molecule has 0 aliphatic heterocycles. The highest BCUT2D eigenvalue weighted by atomic mass is 14.6. The molecule has 0 N–H and O–H groups in total. The van der Waals surface area contributed by atoms with Crippen LogP contribution in [-0.2, 0) is 0 Å². The Bertz CT molecular complexity index is 360. The second-order valence-electron chi connectivity index (χ2n) is 7.66. The van der Waals surface area contributed by atoms with Gasteiger partial charge in [-0.15, -0.1) is 0 Å². The first-order valence-corrected chi connectivity index (χ1v) is 7.65. The maximum atomic E-state index is 2.52. The summed E-state index contributed by atoms with van der Waals surface area (Å²) in [5.74, 6) is 4.61. The number of hydrogen-bond donors (Lipinski definition) is 0. The SMILES string of the molecule is CC1=C(C2CCCC2C)[C@H]2C[C@@H]([C@H]1C)C2(C)C. The van der Waals surface area contributed by atoms with Crippen LogP contribution in [0.25, 0.3) is 0 Å². The first-order valence-electron chi connectivity index (χ1n) is 7.65. The maximum absolute atomic E-state index is 2.52. The molecule has 2 bridgehead atoms. The second kappa shape index (κ2) is 3.62. The molecule has 96 valence electrons. The van der Waals surface area contributed by atoms with Crippen LogP contribution in [0.5, 0.6) is 0 Å². The van der Waals surface area contributed by atoms with E-state index in [4.69, 9.17) is 0 Å². The van der Waals surface area contributed by atoms with Crippen molar-refractivity contribution < 1.29 is 0 Å². The summed E-state index contributed by atoms with van der Waals surface area (Å²) in [4.78, 5) is 0. The van der Waals surface area contributed by atoms with E-state index in [2.05, 4.69) is 34.6 Å². The Labute approximate surface area is 107 Å². The average Bonchev–Trinajstić information content (AvgIpc) is 2.67. The summed E-state index contributed by atoms with van der Waals surface area (Å²) in [5.41, 5.74) is 4.29. The molecule has 0 spiro atoms. The van der Waals surface area contributed by atoms with Gasteiger partial charge in [0, 0.05) is 0 Å². The Morgan fingerprint density at radius 3 is 2.35 bits per heavy atom. The number of rotatable bonds is 1. The van der Waals surface area contributed by atoms with Crippen molar-refractivity contribution in [3.8, 4) is 0 Å². The van der Waals surface area contributed by atoms with E-state index in [1.165, 1.54) is 25.7 Å². The first-order chi connectivity index (χ1) is 7.94. The van der Waals surface area contributed by atoms with Crippen LogP contribution in [0, 0.1) is 35.0 Å². The van der Waals surface area contributed by atoms with Crippen LogP contribution in [0.3, 0.4) is 0 Å². The van der Waals surface area contributed by atoms with E-state index in [-0.39, 0.29) is 0 Å². The van der Waals surface area contributed by atoms with E-state index in [1.807, 2.05) is 5.57 Å². The highest BCUT2D eigenvalue weighted by molar-refractivity contribution is 5.33. The molecule has 0 aromatic rings. The van der Waals surface area contributed by atoms with Gasteiger partial charge < -0.3 is 0 Å². The molecule has 0 nitrogen and oxygen atoms in total. The molecule has 0 heterocycles. The third-order valence-electron chi connectivity index (χ3n) is 6.72. The molecule has 2 saturated carbocycles. The van der Waals surface area contributed by atoms with Crippen LogP contribution >= 0.6 is 0 Å². The van der Waals surface area contributed by atoms with Crippen molar-refractivity contribution in [1.82, 2.24) is 0 Å². The summed E-state index contributed by atoms with van der Waals surface area (Å²) in [6.45, 7) is 12.5. The fourth-order valence-electron chi connectivity index (χ4n) is 5.33. The summed E-state index contributed by atoms with van der Waals surface area (Å²) < 4.78 is 0. The van der Waals surface area contributed by atoms with Gasteiger partial charge in [0.1, 0.15) is 0 Å². The monoisotopic (exact) mass is 232 g/mol. The Kier molecular flexibility index (Phi) is 2.51. The summed E-state index contributed by atoms with van der Waals surface area (Å²) in [6.07, 6.45) is 5.89. The molecule has 4 aliphatic carbocycles. The molecule has 17 heavy (non-hydrogen) atoms. The molecular weight excluding hydrogens is 204 g/mol.